The third-order valence-electron chi connectivity index (χ3n) is 4.66. The van der Waals surface area contributed by atoms with Crippen molar-refractivity contribution in [2.75, 3.05) is 31.8 Å². The summed E-state index contributed by atoms with van der Waals surface area (Å²) in [6.45, 7) is 1.01. The lowest BCUT2D eigenvalue weighted by atomic mass is 10.1. The maximum atomic E-state index is 12.5. The molecule has 0 saturated heterocycles. The maximum Gasteiger partial charge on any atom is 0.262 e. The van der Waals surface area contributed by atoms with Crippen molar-refractivity contribution in [1.29, 1.82) is 0 Å². The van der Waals surface area contributed by atoms with Crippen LogP contribution in [0.3, 0.4) is 0 Å². The number of hydrogen-bond acceptors (Lipinski definition) is 6. The zero-order valence-corrected chi connectivity index (χ0v) is 15.4. The minimum Gasteiger partial charge on any atom is -0.477 e. The Morgan fingerprint density at radius 1 is 1.11 bits per heavy atom. The quantitative estimate of drug-likeness (QED) is 0.802. The Morgan fingerprint density at radius 2 is 1.93 bits per heavy atom. The fraction of sp³-hybridized carbons (Fsp3) is 0.300. The van der Waals surface area contributed by atoms with Gasteiger partial charge in [0.2, 0.25) is 12.7 Å². The molecule has 4 rings (SSSR count). The molecule has 0 radical (unpaired) electrons. The van der Waals surface area contributed by atoms with E-state index >= 15 is 0 Å². The van der Waals surface area contributed by atoms with E-state index in [-0.39, 0.29) is 25.2 Å². The Labute approximate surface area is 162 Å². The van der Waals surface area contributed by atoms with Gasteiger partial charge in [-0.25, -0.2) is 0 Å². The lowest BCUT2D eigenvalue weighted by Gasteiger charge is -2.35. The molecule has 28 heavy (non-hydrogen) atoms. The number of amides is 2. The molecule has 146 valence electrons. The van der Waals surface area contributed by atoms with Crippen LogP contribution >= 0.6 is 0 Å². The molecule has 0 saturated carbocycles. The molecule has 0 bridgehead atoms. The van der Waals surface area contributed by atoms with Gasteiger partial charge >= 0.3 is 0 Å². The van der Waals surface area contributed by atoms with Gasteiger partial charge in [0.05, 0.1) is 18.8 Å². The fourth-order valence-electron chi connectivity index (χ4n) is 3.24. The number of benzene rings is 2. The van der Waals surface area contributed by atoms with Crippen molar-refractivity contribution in [3.8, 4) is 17.2 Å². The topological polar surface area (TPSA) is 89.1 Å². The summed E-state index contributed by atoms with van der Waals surface area (Å²) in [5.41, 5.74) is 1.71. The minimum atomic E-state index is -0.665. The van der Waals surface area contributed by atoms with Gasteiger partial charge in [-0.05, 0) is 29.8 Å². The van der Waals surface area contributed by atoms with Gasteiger partial charge in [0.1, 0.15) is 5.75 Å². The maximum absolute atomic E-state index is 12.5. The first-order valence-electron chi connectivity index (χ1n) is 9.01. The first kappa shape index (κ1) is 18.0. The van der Waals surface area contributed by atoms with Crippen LogP contribution in [0, 0.1) is 0 Å². The van der Waals surface area contributed by atoms with E-state index in [1.807, 2.05) is 41.3 Å². The van der Waals surface area contributed by atoms with Crippen LogP contribution < -0.4 is 29.7 Å². The predicted octanol–water partition coefficient (Wildman–Crippen LogP) is 1.05. The standard InChI is InChI=1S/C20H21N3O5/c1-21-20(25)18-10-23(14-4-2-3-5-15(14)28-18)11-19(24)22-9-13-6-7-16-17(8-13)27-12-26-16/h2-8,18H,9-12H2,1H3,(H,21,25)(H,22,24)/t18-/m1/s1. The third-order valence-corrected chi connectivity index (χ3v) is 4.66. The largest absolute Gasteiger partial charge is 0.477 e. The SMILES string of the molecule is CNC(=O)[C@H]1CN(CC(=O)NCc2ccc3c(c2)OCO3)c2ccccc2O1. The first-order valence-corrected chi connectivity index (χ1v) is 9.01. The lowest BCUT2D eigenvalue weighted by molar-refractivity contribution is -0.127. The number of carbonyl (C=O) groups is 2. The summed E-state index contributed by atoms with van der Waals surface area (Å²) < 4.78 is 16.4. The van der Waals surface area contributed by atoms with Crippen molar-refractivity contribution < 1.29 is 23.8 Å². The highest BCUT2D eigenvalue weighted by atomic mass is 16.7. The van der Waals surface area contributed by atoms with Gasteiger partial charge in [-0.15, -0.1) is 0 Å². The molecule has 2 aliphatic heterocycles. The Bertz CT molecular complexity index is 901. The molecule has 8 heteroatoms. The minimum absolute atomic E-state index is 0.123. The third kappa shape index (κ3) is 3.66. The van der Waals surface area contributed by atoms with E-state index in [0.29, 0.717) is 30.3 Å². The van der Waals surface area contributed by atoms with Crippen molar-refractivity contribution in [2.24, 2.45) is 0 Å². The Kier molecular flexibility index (Phi) is 4.92. The van der Waals surface area contributed by atoms with Crippen LogP contribution in [0.2, 0.25) is 0 Å². The lowest BCUT2D eigenvalue weighted by Crippen LogP contribution is -2.50. The van der Waals surface area contributed by atoms with Gasteiger partial charge in [0, 0.05) is 13.6 Å². The van der Waals surface area contributed by atoms with Gasteiger partial charge in [0.15, 0.2) is 17.6 Å². The number of hydrogen-bond donors (Lipinski definition) is 2. The van der Waals surface area contributed by atoms with Gasteiger partial charge in [0.25, 0.3) is 5.91 Å². The number of nitrogens with one attached hydrogen (secondary N) is 2. The normalized spacial score (nSPS) is 16.8. The van der Waals surface area contributed by atoms with Crippen LogP contribution in [0.1, 0.15) is 5.56 Å². The summed E-state index contributed by atoms with van der Waals surface area (Å²) in [6, 6.07) is 13.0. The van der Waals surface area contributed by atoms with Crippen molar-refractivity contribution in [1.82, 2.24) is 10.6 Å². The van der Waals surface area contributed by atoms with Crippen LogP contribution in [-0.4, -0.2) is 44.8 Å². The van der Waals surface area contributed by atoms with Crippen LogP contribution in [-0.2, 0) is 16.1 Å². The van der Waals surface area contributed by atoms with Crippen molar-refractivity contribution in [3.05, 3.63) is 48.0 Å². The number of ether oxygens (including phenoxy) is 3. The van der Waals surface area contributed by atoms with Crippen molar-refractivity contribution in [3.63, 3.8) is 0 Å². The average molecular weight is 383 g/mol. The Morgan fingerprint density at radius 3 is 2.79 bits per heavy atom. The molecular weight excluding hydrogens is 362 g/mol. The monoisotopic (exact) mass is 383 g/mol. The number of likely N-dealkylation sites (N-methyl/N-ethyl adjacent to an activating group) is 1. The molecule has 2 aromatic rings. The van der Waals surface area contributed by atoms with Crippen LogP contribution in [0.5, 0.6) is 17.2 Å². The van der Waals surface area contributed by atoms with E-state index < -0.39 is 6.10 Å². The summed E-state index contributed by atoms with van der Waals surface area (Å²) in [5, 5.41) is 5.50. The molecule has 0 aromatic heterocycles. The van der Waals surface area contributed by atoms with Crippen LogP contribution in [0.4, 0.5) is 5.69 Å². The molecule has 0 aliphatic carbocycles. The zero-order valence-electron chi connectivity index (χ0n) is 15.4. The summed E-state index contributed by atoms with van der Waals surface area (Å²) in [4.78, 5) is 26.4. The number of carbonyl (C=O) groups excluding carboxylic acids is 2. The Balaban J connectivity index is 1.41. The Hall–Kier alpha value is -3.42. The number of rotatable bonds is 5. The summed E-state index contributed by atoms with van der Waals surface area (Å²) >= 11 is 0. The fourth-order valence-corrected chi connectivity index (χ4v) is 3.24. The first-order chi connectivity index (χ1) is 13.6. The molecular formula is C20H21N3O5. The van der Waals surface area contributed by atoms with E-state index in [1.165, 1.54) is 0 Å². The molecule has 2 N–H and O–H groups in total. The molecule has 2 aliphatic rings. The second-order valence-corrected chi connectivity index (χ2v) is 6.53. The highest BCUT2D eigenvalue weighted by Gasteiger charge is 2.30. The molecule has 0 fully saturated rings. The van der Waals surface area contributed by atoms with E-state index in [2.05, 4.69) is 10.6 Å². The smallest absolute Gasteiger partial charge is 0.262 e. The van der Waals surface area contributed by atoms with E-state index in [4.69, 9.17) is 14.2 Å². The second-order valence-electron chi connectivity index (χ2n) is 6.53. The van der Waals surface area contributed by atoms with E-state index in [0.717, 1.165) is 11.3 Å². The average Bonchev–Trinajstić information content (AvgIpc) is 3.19. The molecule has 0 spiro atoms. The summed E-state index contributed by atoms with van der Waals surface area (Å²) in [7, 11) is 1.56. The number of nitrogens with zero attached hydrogens (tertiary/aromatic N) is 1. The van der Waals surface area contributed by atoms with Gasteiger partial charge in [-0.1, -0.05) is 18.2 Å². The highest BCUT2D eigenvalue weighted by molar-refractivity contribution is 5.86. The van der Waals surface area contributed by atoms with Crippen LogP contribution in [0.25, 0.3) is 0 Å². The number of fused-ring (bicyclic) bond motifs is 2. The van der Waals surface area contributed by atoms with Crippen molar-refractivity contribution >= 4 is 17.5 Å². The summed E-state index contributed by atoms with van der Waals surface area (Å²) in [6.07, 6.45) is -0.665. The zero-order chi connectivity index (χ0) is 19.5. The summed E-state index contributed by atoms with van der Waals surface area (Å²) in [5.74, 6) is 1.61. The van der Waals surface area contributed by atoms with E-state index in [9.17, 15) is 9.59 Å². The number of anilines is 1. The van der Waals surface area contributed by atoms with Crippen LogP contribution in [0.15, 0.2) is 42.5 Å². The van der Waals surface area contributed by atoms with Crippen molar-refractivity contribution in [2.45, 2.75) is 12.6 Å². The molecule has 0 unspecified atom stereocenters. The van der Waals surface area contributed by atoms with E-state index in [1.54, 1.807) is 13.1 Å². The highest BCUT2D eigenvalue weighted by Crippen LogP contribution is 2.33. The molecule has 8 nitrogen and oxygen atoms in total. The van der Waals surface area contributed by atoms with Gasteiger partial charge in [-0.3, -0.25) is 9.59 Å². The van der Waals surface area contributed by atoms with Gasteiger partial charge < -0.3 is 29.7 Å². The molecule has 2 aromatic carbocycles. The van der Waals surface area contributed by atoms with Gasteiger partial charge in [-0.2, -0.15) is 0 Å². The molecule has 1 atom stereocenters. The second kappa shape index (κ2) is 7.67. The molecule has 2 heterocycles. The number of para-hydroxylation sites is 2. The molecule has 2 amide bonds. The predicted molar refractivity (Wildman–Crippen MR) is 102 cm³/mol.